The Labute approximate surface area is 111 Å². The average molecular weight is 257 g/mol. The van der Waals surface area contributed by atoms with Crippen molar-refractivity contribution in [2.75, 3.05) is 6.61 Å². The van der Waals surface area contributed by atoms with Crippen molar-refractivity contribution in [3.63, 3.8) is 0 Å². The zero-order chi connectivity index (χ0) is 13.8. The number of allylic oxidation sites excluding steroid dienone is 1. The maximum absolute atomic E-state index is 12.1. The van der Waals surface area contributed by atoms with Gasteiger partial charge in [-0.05, 0) is 19.1 Å². The van der Waals surface area contributed by atoms with E-state index in [0.29, 0.717) is 12.2 Å². The van der Waals surface area contributed by atoms with E-state index < -0.39 is 5.97 Å². The Bertz CT molecular complexity index is 652. The van der Waals surface area contributed by atoms with E-state index in [2.05, 4.69) is 0 Å². The van der Waals surface area contributed by atoms with Crippen LogP contribution in [0.5, 0.6) is 0 Å². The number of esters is 1. The molecule has 0 saturated heterocycles. The molecule has 2 rings (SSSR count). The van der Waals surface area contributed by atoms with Gasteiger partial charge in [0.1, 0.15) is 0 Å². The van der Waals surface area contributed by atoms with Crippen LogP contribution in [0.3, 0.4) is 0 Å². The number of aryl methyl sites for hydroxylation is 1. The van der Waals surface area contributed by atoms with Crippen molar-refractivity contribution in [3.8, 4) is 0 Å². The SMILES string of the molecule is CCOC(=O)/C=C/C(=O)c1cn(C)c2ccccc12. The molecule has 0 spiro atoms. The maximum Gasteiger partial charge on any atom is 0.330 e. The average Bonchev–Trinajstić information content (AvgIpc) is 2.75. The van der Waals surface area contributed by atoms with Gasteiger partial charge in [0, 0.05) is 35.8 Å². The molecular formula is C15H15NO3. The molecule has 0 radical (unpaired) electrons. The molecule has 0 N–H and O–H groups in total. The molecular weight excluding hydrogens is 242 g/mol. The summed E-state index contributed by atoms with van der Waals surface area (Å²) in [4.78, 5) is 23.3. The van der Waals surface area contributed by atoms with Crippen LogP contribution in [0.15, 0.2) is 42.6 Å². The lowest BCUT2D eigenvalue weighted by atomic mass is 10.1. The lowest BCUT2D eigenvalue weighted by Crippen LogP contribution is -2.01. The summed E-state index contributed by atoms with van der Waals surface area (Å²) in [6.07, 6.45) is 4.18. The number of aromatic nitrogens is 1. The van der Waals surface area contributed by atoms with Crippen molar-refractivity contribution in [1.29, 1.82) is 0 Å². The molecule has 0 fully saturated rings. The third-order valence-electron chi connectivity index (χ3n) is 2.82. The number of rotatable bonds is 4. The van der Waals surface area contributed by atoms with Gasteiger partial charge in [0.05, 0.1) is 6.61 Å². The smallest absolute Gasteiger partial charge is 0.330 e. The molecule has 0 amide bonds. The molecule has 0 atom stereocenters. The van der Waals surface area contributed by atoms with E-state index in [0.717, 1.165) is 17.0 Å². The molecule has 4 nitrogen and oxygen atoms in total. The number of carbonyl (C=O) groups is 2. The Kier molecular flexibility index (Phi) is 3.80. The molecule has 98 valence electrons. The predicted molar refractivity (Wildman–Crippen MR) is 73.0 cm³/mol. The van der Waals surface area contributed by atoms with Gasteiger partial charge in [-0.25, -0.2) is 4.79 Å². The zero-order valence-corrected chi connectivity index (χ0v) is 10.9. The number of ether oxygens (including phenoxy) is 1. The van der Waals surface area contributed by atoms with E-state index >= 15 is 0 Å². The van der Waals surface area contributed by atoms with E-state index in [4.69, 9.17) is 4.74 Å². The Hall–Kier alpha value is -2.36. The van der Waals surface area contributed by atoms with Crippen LogP contribution in [0.1, 0.15) is 17.3 Å². The van der Waals surface area contributed by atoms with Crippen LogP contribution >= 0.6 is 0 Å². The monoisotopic (exact) mass is 257 g/mol. The number of para-hydroxylation sites is 1. The summed E-state index contributed by atoms with van der Waals surface area (Å²) < 4.78 is 6.63. The van der Waals surface area contributed by atoms with Crippen molar-refractivity contribution in [1.82, 2.24) is 4.57 Å². The number of benzene rings is 1. The minimum absolute atomic E-state index is 0.204. The van der Waals surface area contributed by atoms with E-state index in [-0.39, 0.29) is 5.78 Å². The zero-order valence-electron chi connectivity index (χ0n) is 10.9. The molecule has 19 heavy (non-hydrogen) atoms. The van der Waals surface area contributed by atoms with Gasteiger partial charge in [-0.3, -0.25) is 4.79 Å². The lowest BCUT2D eigenvalue weighted by molar-refractivity contribution is -0.137. The second kappa shape index (κ2) is 5.52. The highest BCUT2D eigenvalue weighted by molar-refractivity contribution is 6.14. The van der Waals surface area contributed by atoms with Crippen molar-refractivity contribution in [2.45, 2.75) is 6.92 Å². The molecule has 1 heterocycles. The number of carbonyl (C=O) groups excluding carboxylic acids is 2. The van der Waals surface area contributed by atoms with Crippen LogP contribution in [0.2, 0.25) is 0 Å². The van der Waals surface area contributed by atoms with Crippen molar-refractivity contribution in [3.05, 3.63) is 48.2 Å². The Morgan fingerprint density at radius 1 is 1.26 bits per heavy atom. The quantitative estimate of drug-likeness (QED) is 0.480. The largest absolute Gasteiger partial charge is 0.463 e. The highest BCUT2D eigenvalue weighted by atomic mass is 16.5. The van der Waals surface area contributed by atoms with Crippen molar-refractivity contribution in [2.24, 2.45) is 7.05 Å². The van der Waals surface area contributed by atoms with E-state index in [1.165, 1.54) is 6.08 Å². The van der Waals surface area contributed by atoms with E-state index in [9.17, 15) is 9.59 Å². The molecule has 0 aliphatic rings. The normalized spacial score (nSPS) is 11.1. The topological polar surface area (TPSA) is 48.3 Å². The third-order valence-corrected chi connectivity index (χ3v) is 2.82. The first-order valence-electron chi connectivity index (χ1n) is 6.06. The fraction of sp³-hybridized carbons (Fsp3) is 0.200. The third kappa shape index (κ3) is 2.73. The standard InChI is InChI=1S/C15H15NO3/c1-3-19-15(18)9-8-14(17)12-10-16(2)13-7-5-4-6-11(12)13/h4-10H,3H2,1-2H3/b9-8+. The fourth-order valence-electron chi connectivity index (χ4n) is 1.96. The van der Waals surface area contributed by atoms with Crippen LogP contribution < -0.4 is 0 Å². The molecule has 0 bridgehead atoms. The molecule has 0 saturated carbocycles. The number of ketones is 1. The van der Waals surface area contributed by atoms with Gasteiger partial charge < -0.3 is 9.30 Å². The summed E-state index contributed by atoms with van der Waals surface area (Å²) in [5.41, 5.74) is 1.56. The Morgan fingerprint density at radius 3 is 2.74 bits per heavy atom. The van der Waals surface area contributed by atoms with Crippen LogP contribution in [0.25, 0.3) is 10.9 Å². The summed E-state index contributed by atoms with van der Waals surface area (Å²) in [5.74, 6) is -0.707. The van der Waals surface area contributed by atoms with Gasteiger partial charge in [0.2, 0.25) is 0 Å². The molecule has 0 aliphatic carbocycles. The second-order valence-corrected chi connectivity index (χ2v) is 4.12. The van der Waals surface area contributed by atoms with Gasteiger partial charge in [-0.2, -0.15) is 0 Å². The van der Waals surface area contributed by atoms with Crippen molar-refractivity contribution < 1.29 is 14.3 Å². The Balaban J connectivity index is 2.30. The summed E-state index contributed by atoms with van der Waals surface area (Å²) in [6.45, 7) is 2.02. The number of nitrogens with zero attached hydrogens (tertiary/aromatic N) is 1. The van der Waals surface area contributed by atoms with E-state index in [1.54, 1.807) is 13.1 Å². The van der Waals surface area contributed by atoms with E-state index in [1.807, 2.05) is 35.9 Å². The number of hydrogen-bond donors (Lipinski definition) is 0. The summed E-state index contributed by atoms with van der Waals surface area (Å²) in [5, 5.41) is 0.878. The first-order chi connectivity index (χ1) is 9.13. The summed E-state index contributed by atoms with van der Waals surface area (Å²) in [6, 6.07) is 7.64. The molecule has 2 aromatic rings. The molecule has 0 unspecified atom stereocenters. The first-order valence-corrected chi connectivity index (χ1v) is 6.06. The number of hydrogen-bond acceptors (Lipinski definition) is 3. The van der Waals surface area contributed by atoms with Crippen LogP contribution in [0, 0.1) is 0 Å². The minimum Gasteiger partial charge on any atom is -0.463 e. The van der Waals surface area contributed by atoms with Gasteiger partial charge >= 0.3 is 5.97 Å². The highest BCUT2D eigenvalue weighted by Crippen LogP contribution is 2.20. The fourth-order valence-corrected chi connectivity index (χ4v) is 1.96. The first kappa shape index (κ1) is 13.1. The van der Waals surface area contributed by atoms with Crippen LogP contribution in [-0.4, -0.2) is 22.9 Å². The van der Waals surface area contributed by atoms with Crippen LogP contribution in [-0.2, 0) is 16.6 Å². The summed E-state index contributed by atoms with van der Waals surface area (Å²) >= 11 is 0. The van der Waals surface area contributed by atoms with Gasteiger partial charge in [0.15, 0.2) is 5.78 Å². The highest BCUT2D eigenvalue weighted by Gasteiger charge is 2.11. The lowest BCUT2D eigenvalue weighted by Gasteiger charge is -1.95. The molecule has 4 heteroatoms. The van der Waals surface area contributed by atoms with Crippen LogP contribution in [0.4, 0.5) is 0 Å². The summed E-state index contributed by atoms with van der Waals surface area (Å²) in [7, 11) is 1.88. The minimum atomic E-state index is -0.504. The molecule has 1 aromatic heterocycles. The van der Waals surface area contributed by atoms with Gasteiger partial charge in [-0.1, -0.05) is 18.2 Å². The second-order valence-electron chi connectivity index (χ2n) is 4.12. The number of fused-ring (bicyclic) bond motifs is 1. The maximum atomic E-state index is 12.1. The van der Waals surface area contributed by atoms with Gasteiger partial charge in [-0.15, -0.1) is 0 Å². The molecule has 1 aromatic carbocycles. The molecule has 0 aliphatic heterocycles. The predicted octanol–water partition coefficient (Wildman–Crippen LogP) is 2.48. The Morgan fingerprint density at radius 2 is 2.00 bits per heavy atom. The van der Waals surface area contributed by atoms with Gasteiger partial charge in [0.25, 0.3) is 0 Å². The van der Waals surface area contributed by atoms with Crippen molar-refractivity contribution >= 4 is 22.7 Å².